The zero-order chi connectivity index (χ0) is 15.1. The minimum Gasteiger partial charge on any atom is -0.394 e. The van der Waals surface area contributed by atoms with Crippen LogP contribution in [0.4, 0.5) is 0 Å². The van der Waals surface area contributed by atoms with E-state index in [1.807, 2.05) is 24.8 Å². The van der Waals surface area contributed by atoms with Crippen molar-refractivity contribution >= 4 is 5.91 Å². The molecule has 2 unspecified atom stereocenters. The predicted octanol–water partition coefficient (Wildman–Crippen LogP) is 1.66. The normalized spacial score (nSPS) is 26.2. The fourth-order valence-electron chi connectivity index (χ4n) is 3.25. The lowest BCUT2D eigenvalue weighted by Crippen LogP contribution is -2.52. The smallest absolute Gasteiger partial charge is 0.256 e. The van der Waals surface area contributed by atoms with Gasteiger partial charge in [-0.15, -0.1) is 0 Å². The molecular formula is C16H24N2O3. The van der Waals surface area contributed by atoms with Crippen molar-refractivity contribution in [3.63, 3.8) is 0 Å². The first-order valence-electron chi connectivity index (χ1n) is 7.74. The highest BCUT2D eigenvalue weighted by atomic mass is 16.5. The standard InChI is InChI=1S/C16H24N2O3/c1-10-6-15(12(3)18(10)13-4-5-13)16(20)17-7-14(8-19)21-9-11(17)2/h6,11,13-14,19H,4-5,7-9H2,1-3H3. The number of rotatable bonds is 3. The van der Waals surface area contributed by atoms with Crippen LogP contribution in [0, 0.1) is 13.8 Å². The van der Waals surface area contributed by atoms with Crippen molar-refractivity contribution in [1.29, 1.82) is 0 Å². The van der Waals surface area contributed by atoms with Gasteiger partial charge in [0, 0.05) is 24.0 Å². The van der Waals surface area contributed by atoms with E-state index in [0.29, 0.717) is 19.2 Å². The number of aliphatic hydroxyl groups excluding tert-OH is 1. The third kappa shape index (κ3) is 2.60. The molecule has 2 heterocycles. The molecule has 0 radical (unpaired) electrons. The Labute approximate surface area is 125 Å². The second kappa shape index (κ2) is 5.46. The molecule has 1 aromatic rings. The Kier molecular flexibility index (Phi) is 3.80. The van der Waals surface area contributed by atoms with E-state index in [1.54, 1.807) is 0 Å². The minimum atomic E-state index is -0.267. The highest BCUT2D eigenvalue weighted by Gasteiger charge is 2.33. The summed E-state index contributed by atoms with van der Waals surface area (Å²) >= 11 is 0. The molecule has 0 bridgehead atoms. The van der Waals surface area contributed by atoms with Crippen molar-refractivity contribution in [1.82, 2.24) is 9.47 Å². The molecule has 1 saturated carbocycles. The number of ether oxygens (including phenoxy) is 1. The molecule has 21 heavy (non-hydrogen) atoms. The highest BCUT2D eigenvalue weighted by Crippen LogP contribution is 2.38. The van der Waals surface area contributed by atoms with Crippen molar-refractivity contribution < 1.29 is 14.6 Å². The van der Waals surface area contributed by atoms with E-state index in [0.717, 1.165) is 17.0 Å². The van der Waals surface area contributed by atoms with Crippen LogP contribution in [-0.2, 0) is 4.74 Å². The summed E-state index contributed by atoms with van der Waals surface area (Å²) in [5, 5.41) is 9.26. The first-order valence-corrected chi connectivity index (χ1v) is 7.74. The van der Waals surface area contributed by atoms with Gasteiger partial charge >= 0.3 is 0 Å². The fraction of sp³-hybridized carbons (Fsp3) is 0.688. The zero-order valence-corrected chi connectivity index (χ0v) is 13.0. The van der Waals surface area contributed by atoms with Crippen molar-refractivity contribution in [3.05, 3.63) is 23.0 Å². The maximum Gasteiger partial charge on any atom is 0.256 e. The Bertz CT molecular complexity index is 548. The summed E-state index contributed by atoms with van der Waals surface area (Å²) in [5.41, 5.74) is 3.03. The number of carbonyl (C=O) groups excluding carboxylic acids is 1. The summed E-state index contributed by atoms with van der Waals surface area (Å²) in [6.45, 7) is 7.00. The Morgan fingerprint density at radius 1 is 1.43 bits per heavy atom. The molecule has 1 amide bonds. The maximum atomic E-state index is 12.9. The molecule has 1 N–H and O–H groups in total. The molecule has 1 aromatic heterocycles. The molecule has 5 heteroatoms. The first-order chi connectivity index (χ1) is 10.0. The quantitative estimate of drug-likeness (QED) is 0.922. The summed E-state index contributed by atoms with van der Waals surface area (Å²) in [6, 6.07) is 2.63. The van der Waals surface area contributed by atoms with E-state index in [-0.39, 0.29) is 24.7 Å². The maximum absolute atomic E-state index is 12.9. The van der Waals surface area contributed by atoms with Gasteiger partial charge in [0.05, 0.1) is 30.9 Å². The molecular weight excluding hydrogens is 268 g/mol. The van der Waals surface area contributed by atoms with Crippen molar-refractivity contribution in [2.75, 3.05) is 19.8 Å². The summed E-state index contributed by atoms with van der Waals surface area (Å²) in [5.74, 6) is 0.0595. The van der Waals surface area contributed by atoms with Crippen LogP contribution in [-0.4, -0.2) is 52.4 Å². The molecule has 2 aliphatic rings. The summed E-state index contributed by atoms with van der Waals surface area (Å²) in [7, 11) is 0. The first kappa shape index (κ1) is 14.6. The van der Waals surface area contributed by atoms with Crippen LogP contribution in [0.3, 0.4) is 0 Å². The molecule has 1 aliphatic carbocycles. The average Bonchev–Trinajstić information content (AvgIpc) is 3.25. The zero-order valence-electron chi connectivity index (χ0n) is 13.0. The van der Waals surface area contributed by atoms with Crippen molar-refractivity contribution in [2.45, 2.75) is 51.8 Å². The average molecular weight is 292 g/mol. The van der Waals surface area contributed by atoms with Crippen LogP contribution in [0.15, 0.2) is 6.07 Å². The highest BCUT2D eigenvalue weighted by molar-refractivity contribution is 5.96. The molecule has 2 fully saturated rings. The number of nitrogens with zero attached hydrogens (tertiary/aromatic N) is 2. The van der Waals surface area contributed by atoms with Crippen LogP contribution < -0.4 is 0 Å². The number of morpholine rings is 1. The molecule has 2 atom stereocenters. The van der Waals surface area contributed by atoms with Gasteiger partial charge < -0.3 is 19.3 Å². The molecule has 116 valence electrons. The Balaban J connectivity index is 1.85. The van der Waals surface area contributed by atoms with Gasteiger partial charge in [0.25, 0.3) is 5.91 Å². The van der Waals surface area contributed by atoms with Crippen molar-refractivity contribution in [2.24, 2.45) is 0 Å². The van der Waals surface area contributed by atoms with Gasteiger partial charge in [-0.3, -0.25) is 4.79 Å². The number of aliphatic hydroxyl groups is 1. The van der Waals surface area contributed by atoms with Crippen LogP contribution in [0.1, 0.15) is 47.6 Å². The summed E-state index contributed by atoms with van der Waals surface area (Å²) in [6.07, 6.45) is 2.16. The molecule has 3 rings (SSSR count). The number of aromatic nitrogens is 1. The van der Waals surface area contributed by atoms with Gasteiger partial charge in [0.15, 0.2) is 0 Å². The monoisotopic (exact) mass is 292 g/mol. The third-order valence-corrected chi connectivity index (χ3v) is 4.60. The Hall–Kier alpha value is -1.33. The fourth-order valence-corrected chi connectivity index (χ4v) is 3.25. The number of amides is 1. The van der Waals surface area contributed by atoms with Crippen LogP contribution in [0.5, 0.6) is 0 Å². The van der Waals surface area contributed by atoms with E-state index >= 15 is 0 Å². The van der Waals surface area contributed by atoms with Crippen molar-refractivity contribution in [3.8, 4) is 0 Å². The number of carbonyl (C=O) groups is 1. The summed E-state index contributed by atoms with van der Waals surface area (Å²) in [4.78, 5) is 14.7. The molecule has 1 aliphatic heterocycles. The van der Waals surface area contributed by atoms with Gasteiger partial charge in [0.1, 0.15) is 0 Å². The van der Waals surface area contributed by atoms with Crippen LogP contribution in [0.25, 0.3) is 0 Å². The van der Waals surface area contributed by atoms with Gasteiger partial charge in [-0.05, 0) is 39.7 Å². The van der Waals surface area contributed by atoms with E-state index in [4.69, 9.17) is 4.74 Å². The van der Waals surface area contributed by atoms with Crippen LogP contribution >= 0.6 is 0 Å². The molecule has 0 spiro atoms. The predicted molar refractivity (Wildman–Crippen MR) is 79.5 cm³/mol. The second-order valence-corrected chi connectivity index (χ2v) is 6.33. The van der Waals surface area contributed by atoms with Gasteiger partial charge in [-0.25, -0.2) is 0 Å². The summed E-state index contributed by atoms with van der Waals surface area (Å²) < 4.78 is 7.81. The van der Waals surface area contributed by atoms with E-state index in [2.05, 4.69) is 11.5 Å². The topological polar surface area (TPSA) is 54.7 Å². The molecule has 5 nitrogen and oxygen atoms in total. The third-order valence-electron chi connectivity index (χ3n) is 4.60. The Morgan fingerprint density at radius 3 is 2.76 bits per heavy atom. The number of hydrogen-bond donors (Lipinski definition) is 1. The largest absolute Gasteiger partial charge is 0.394 e. The molecule has 0 aromatic carbocycles. The second-order valence-electron chi connectivity index (χ2n) is 6.33. The minimum absolute atomic E-state index is 0.0441. The van der Waals surface area contributed by atoms with E-state index < -0.39 is 0 Å². The SMILES string of the molecule is Cc1cc(C(=O)N2CC(CO)OCC2C)c(C)n1C1CC1. The number of aryl methyl sites for hydroxylation is 1. The van der Waals surface area contributed by atoms with Gasteiger partial charge in [0.2, 0.25) is 0 Å². The lowest BCUT2D eigenvalue weighted by atomic mass is 10.1. The molecule has 1 saturated heterocycles. The lowest BCUT2D eigenvalue weighted by molar-refractivity contribution is -0.0667. The van der Waals surface area contributed by atoms with Gasteiger partial charge in [-0.1, -0.05) is 0 Å². The van der Waals surface area contributed by atoms with E-state index in [9.17, 15) is 9.90 Å². The number of hydrogen-bond acceptors (Lipinski definition) is 3. The van der Waals surface area contributed by atoms with E-state index in [1.165, 1.54) is 12.8 Å². The van der Waals surface area contributed by atoms with Crippen LogP contribution in [0.2, 0.25) is 0 Å². The van der Waals surface area contributed by atoms with Gasteiger partial charge in [-0.2, -0.15) is 0 Å². The lowest BCUT2D eigenvalue weighted by Gasteiger charge is -2.37. The Morgan fingerprint density at radius 2 is 2.14 bits per heavy atom.